The normalized spacial score (nSPS) is 10.4. The molecule has 0 radical (unpaired) electrons. The van der Waals surface area contributed by atoms with Crippen molar-refractivity contribution in [3.05, 3.63) is 42.0 Å². The van der Waals surface area contributed by atoms with E-state index in [2.05, 4.69) is 10.1 Å². The summed E-state index contributed by atoms with van der Waals surface area (Å²) in [7, 11) is 0. The summed E-state index contributed by atoms with van der Waals surface area (Å²) in [5.41, 5.74) is 2.84. The highest BCUT2D eigenvalue weighted by Gasteiger charge is 1.99. The number of nitrogens with zero attached hydrogens (tertiary/aromatic N) is 3. The highest BCUT2D eigenvalue weighted by molar-refractivity contribution is 6.16. The summed E-state index contributed by atoms with van der Waals surface area (Å²) in [5.74, 6) is 0.425. The lowest BCUT2D eigenvalue weighted by atomic mass is 10.3. The number of aromatic nitrogens is 3. The third-order valence-electron chi connectivity index (χ3n) is 1.92. The average Bonchev–Trinajstić information content (AvgIpc) is 2.65. The highest BCUT2D eigenvalue weighted by atomic mass is 35.5. The van der Waals surface area contributed by atoms with Crippen LogP contribution >= 0.6 is 11.6 Å². The van der Waals surface area contributed by atoms with E-state index in [9.17, 15) is 0 Å². The molecule has 3 nitrogen and oxygen atoms in total. The van der Waals surface area contributed by atoms with Crippen LogP contribution in [0.3, 0.4) is 0 Å². The van der Waals surface area contributed by atoms with Crippen LogP contribution in [0, 0.1) is 6.92 Å². The molecule has 2 rings (SSSR count). The Morgan fingerprint density at radius 1 is 1.43 bits per heavy atom. The lowest BCUT2D eigenvalue weighted by molar-refractivity contribution is 0.857. The number of hydrogen-bond donors (Lipinski definition) is 0. The van der Waals surface area contributed by atoms with Crippen LogP contribution in [0.5, 0.6) is 0 Å². The molecule has 0 fully saturated rings. The molecule has 0 N–H and O–H groups in total. The molecule has 0 amide bonds. The third kappa shape index (κ3) is 1.77. The quantitative estimate of drug-likeness (QED) is 0.708. The second kappa shape index (κ2) is 3.80. The molecule has 72 valence electrons. The first-order chi connectivity index (χ1) is 6.79. The van der Waals surface area contributed by atoms with E-state index >= 15 is 0 Å². The van der Waals surface area contributed by atoms with Gasteiger partial charge in [0.1, 0.15) is 0 Å². The van der Waals surface area contributed by atoms with Crippen LogP contribution in [0.25, 0.3) is 5.69 Å². The second-order valence-electron chi connectivity index (χ2n) is 3.04. The summed E-state index contributed by atoms with van der Waals surface area (Å²) in [6, 6.07) is 5.79. The Morgan fingerprint density at radius 3 is 2.93 bits per heavy atom. The zero-order valence-electron chi connectivity index (χ0n) is 7.81. The molecule has 0 aliphatic heterocycles. The maximum Gasteiger partial charge on any atom is 0.0679 e. The first-order valence-corrected chi connectivity index (χ1v) is 4.86. The van der Waals surface area contributed by atoms with Crippen molar-refractivity contribution in [1.82, 2.24) is 14.8 Å². The summed E-state index contributed by atoms with van der Waals surface area (Å²) in [4.78, 5) is 4.12. The Hall–Kier alpha value is -1.35. The average molecular weight is 208 g/mol. The van der Waals surface area contributed by atoms with Crippen LogP contribution in [0.15, 0.2) is 30.6 Å². The van der Waals surface area contributed by atoms with Crippen molar-refractivity contribution in [3.63, 3.8) is 0 Å². The molecule has 14 heavy (non-hydrogen) atoms. The Balaban J connectivity index is 2.41. The minimum atomic E-state index is 0.425. The topological polar surface area (TPSA) is 30.7 Å². The van der Waals surface area contributed by atoms with Crippen molar-refractivity contribution in [2.24, 2.45) is 0 Å². The molecular formula is C10H10ClN3. The standard InChI is InChI=1S/C10H10ClN3/c1-8-3-5-14(13-8)10-2-4-12-9(6-10)7-11/h2-6H,7H2,1H3. The van der Waals surface area contributed by atoms with Crippen molar-refractivity contribution in [2.45, 2.75) is 12.8 Å². The van der Waals surface area contributed by atoms with E-state index in [1.807, 2.05) is 36.0 Å². The van der Waals surface area contributed by atoms with E-state index in [4.69, 9.17) is 11.6 Å². The fraction of sp³-hybridized carbons (Fsp3) is 0.200. The summed E-state index contributed by atoms with van der Waals surface area (Å²) in [6.07, 6.45) is 3.66. The number of alkyl halides is 1. The third-order valence-corrected chi connectivity index (χ3v) is 2.20. The maximum absolute atomic E-state index is 5.70. The Morgan fingerprint density at radius 2 is 2.29 bits per heavy atom. The van der Waals surface area contributed by atoms with Gasteiger partial charge in [0.25, 0.3) is 0 Å². The van der Waals surface area contributed by atoms with Gasteiger partial charge in [-0.05, 0) is 25.1 Å². The Bertz CT molecular complexity index is 436. The van der Waals surface area contributed by atoms with Gasteiger partial charge in [-0.25, -0.2) is 4.68 Å². The first kappa shape index (κ1) is 9.21. The van der Waals surface area contributed by atoms with Crippen molar-refractivity contribution < 1.29 is 0 Å². The van der Waals surface area contributed by atoms with Gasteiger partial charge in [0.05, 0.1) is 23.0 Å². The molecule has 0 aliphatic carbocycles. The Kier molecular flexibility index (Phi) is 2.50. The predicted molar refractivity (Wildman–Crippen MR) is 55.7 cm³/mol. The van der Waals surface area contributed by atoms with E-state index < -0.39 is 0 Å². The van der Waals surface area contributed by atoms with Gasteiger partial charge in [0, 0.05) is 12.4 Å². The van der Waals surface area contributed by atoms with Crippen molar-refractivity contribution in [2.75, 3.05) is 0 Å². The number of aryl methyl sites for hydroxylation is 1. The van der Waals surface area contributed by atoms with Gasteiger partial charge in [0.2, 0.25) is 0 Å². The van der Waals surface area contributed by atoms with E-state index in [0.717, 1.165) is 17.1 Å². The van der Waals surface area contributed by atoms with Gasteiger partial charge in [-0.1, -0.05) is 0 Å². The fourth-order valence-corrected chi connectivity index (χ4v) is 1.39. The molecule has 2 aromatic rings. The van der Waals surface area contributed by atoms with Gasteiger partial charge in [-0.15, -0.1) is 11.6 Å². The SMILES string of the molecule is Cc1ccn(-c2ccnc(CCl)c2)n1. The van der Waals surface area contributed by atoms with E-state index in [0.29, 0.717) is 5.88 Å². The predicted octanol–water partition coefficient (Wildman–Crippen LogP) is 2.31. The molecule has 0 aliphatic rings. The smallest absolute Gasteiger partial charge is 0.0679 e. The molecular weight excluding hydrogens is 198 g/mol. The number of hydrogen-bond acceptors (Lipinski definition) is 2. The summed E-state index contributed by atoms with van der Waals surface area (Å²) < 4.78 is 1.81. The zero-order chi connectivity index (χ0) is 9.97. The van der Waals surface area contributed by atoms with Crippen molar-refractivity contribution in [1.29, 1.82) is 0 Å². The molecule has 0 saturated heterocycles. The van der Waals surface area contributed by atoms with Crippen LogP contribution in [0.2, 0.25) is 0 Å². The van der Waals surface area contributed by atoms with E-state index in [1.165, 1.54) is 0 Å². The largest absolute Gasteiger partial charge is 0.260 e. The van der Waals surface area contributed by atoms with Crippen LogP contribution in [0.1, 0.15) is 11.4 Å². The van der Waals surface area contributed by atoms with E-state index in [1.54, 1.807) is 6.20 Å². The first-order valence-electron chi connectivity index (χ1n) is 4.33. The summed E-state index contributed by atoms with van der Waals surface area (Å²) in [6.45, 7) is 1.96. The molecule has 0 spiro atoms. The lowest BCUT2D eigenvalue weighted by Gasteiger charge is -2.01. The monoisotopic (exact) mass is 207 g/mol. The van der Waals surface area contributed by atoms with Crippen LogP contribution in [-0.4, -0.2) is 14.8 Å². The van der Waals surface area contributed by atoms with Gasteiger partial charge in [-0.3, -0.25) is 4.98 Å². The molecule has 0 aromatic carbocycles. The van der Waals surface area contributed by atoms with Crippen LogP contribution < -0.4 is 0 Å². The maximum atomic E-state index is 5.70. The molecule has 4 heteroatoms. The highest BCUT2D eigenvalue weighted by Crippen LogP contribution is 2.09. The van der Waals surface area contributed by atoms with Crippen LogP contribution in [0.4, 0.5) is 0 Å². The zero-order valence-corrected chi connectivity index (χ0v) is 8.57. The molecule has 0 saturated carbocycles. The van der Waals surface area contributed by atoms with Gasteiger partial charge in [-0.2, -0.15) is 5.10 Å². The number of pyridine rings is 1. The Labute approximate surface area is 87.3 Å². The molecule has 0 bridgehead atoms. The van der Waals surface area contributed by atoms with Crippen molar-refractivity contribution >= 4 is 11.6 Å². The second-order valence-corrected chi connectivity index (χ2v) is 3.31. The molecule has 2 aromatic heterocycles. The molecule has 2 heterocycles. The minimum Gasteiger partial charge on any atom is -0.260 e. The lowest BCUT2D eigenvalue weighted by Crippen LogP contribution is -1.97. The number of halogens is 1. The fourth-order valence-electron chi connectivity index (χ4n) is 1.24. The minimum absolute atomic E-state index is 0.425. The van der Waals surface area contributed by atoms with Gasteiger partial charge in [0.15, 0.2) is 0 Å². The molecule has 0 atom stereocenters. The molecule has 0 unspecified atom stereocenters. The van der Waals surface area contributed by atoms with Crippen molar-refractivity contribution in [3.8, 4) is 5.69 Å². The summed E-state index contributed by atoms with van der Waals surface area (Å²) >= 11 is 5.70. The van der Waals surface area contributed by atoms with Gasteiger partial charge < -0.3 is 0 Å². The van der Waals surface area contributed by atoms with E-state index in [-0.39, 0.29) is 0 Å². The summed E-state index contributed by atoms with van der Waals surface area (Å²) in [5, 5.41) is 4.30. The van der Waals surface area contributed by atoms with Gasteiger partial charge >= 0.3 is 0 Å². The number of rotatable bonds is 2. The van der Waals surface area contributed by atoms with Crippen LogP contribution in [-0.2, 0) is 5.88 Å².